The molecule has 0 atom stereocenters. The van der Waals surface area contributed by atoms with Gasteiger partial charge in [-0.25, -0.2) is 4.79 Å². The van der Waals surface area contributed by atoms with Crippen LogP contribution in [0.1, 0.15) is 38.3 Å². The number of carbonyl (C=O) groups is 1. The molecule has 0 saturated heterocycles. The molecule has 0 aliphatic heterocycles. The Morgan fingerprint density at radius 1 is 0.950 bits per heavy atom. The average molecular weight is 542 g/mol. The molecule has 0 spiro atoms. The zero-order chi connectivity index (χ0) is 28.8. The van der Waals surface area contributed by atoms with E-state index >= 15 is 0 Å². The highest BCUT2D eigenvalue weighted by Gasteiger charge is 2.36. The fourth-order valence-electron chi connectivity index (χ4n) is 4.82. The van der Waals surface area contributed by atoms with Gasteiger partial charge in [0.2, 0.25) is 0 Å². The number of aromatic carboxylic acids is 1. The van der Waals surface area contributed by atoms with Crippen LogP contribution in [0.3, 0.4) is 0 Å². The van der Waals surface area contributed by atoms with E-state index in [4.69, 9.17) is 0 Å². The van der Waals surface area contributed by atoms with Crippen molar-refractivity contribution in [3.05, 3.63) is 117 Å². The van der Waals surface area contributed by atoms with Crippen molar-refractivity contribution in [2.24, 2.45) is 0 Å². The number of aryl methyl sites for hydroxylation is 2. The van der Waals surface area contributed by atoms with Gasteiger partial charge in [-0.05, 0) is 59.9 Å². The highest BCUT2D eigenvalue weighted by molar-refractivity contribution is 5.95. The van der Waals surface area contributed by atoms with Gasteiger partial charge in [0.25, 0.3) is 5.56 Å². The predicted molar refractivity (Wildman–Crippen MR) is 145 cm³/mol. The van der Waals surface area contributed by atoms with Crippen LogP contribution in [-0.4, -0.2) is 20.6 Å². The number of alkyl halides is 3. The number of rotatable bonds is 5. The van der Waals surface area contributed by atoms with Crippen LogP contribution in [0, 0.1) is 25.2 Å². The van der Waals surface area contributed by atoms with Crippen molar-refractivity contribution >= 4 is 16.9 Å². The monoisotopic (exact) mass is 541 g/mol. The molecular weight excluding hydrogens is 519 g/mol. The van der Waals surface area contributed by atoms with Crippen LogP contribution < -0.4 is 5.56 Å². The minimum absolute atomic E-state index is 0.00967. The molecule has 2 heterocycles. The molecule has 5 rings (SSSR count). The van der Waals surface area contributed by atoms with Crippen molar-refractivity contribution in [3.63, 3.8) is 0 Å². The van der Waals surface area contributed by atoms with Crippen LogP contribution in [0.5, 0.6) is 0 Å². The molecule has 40 heavy (non-hydrogen) atoms. The highest BCUT2D eigenvalue weighted by Crippen LogP contribution is 2.35. The van der Waals surface area contributed by atoms with Crippen molar-refractivity contribution in [1.29, 1.82) is 5.26 Å². The number of nitrogens with zero attached hydrogens (tertiary/aromatic N) is 2. The first kappa shape index (κ1) is 26.5. The van der Waals surface area contributed by atoms with Gasteiger partial charge in [-0.15, -0.1) is 0 Å². The van der Waals surface area contributed by atoms with Crippen LogP contribution >= 0.6 is 0 Å². The first-order valence-electron chi connectivity index (χ1n) is 12.2. The minimum Gasteiger partial charge on any atom is -0.477 e. The molecule has 2 aromatic heterocycles. The van der Waals surface area contributed by atoms with E-state index in [1.165, 1.54) is 16.7 Å². The summed E-state index contributed by atoms with van der Waals surface area (Å²) in [5.41, 5.74) is 1.99. The Bertz CT molecular complexity index is 1890. The van der Waals surface area contributed by atoms with Gasteiger partial charge in [0.1, 0.15) is 17.3 Å². The van der Waals surface area contributed by atoms with Crippen LogP contribution in [0.15, 0.2) is 77.6 Å². The Labute approximate surface area is 226 Å². The fraction of sp³-hybridized carbons (Fsp3) is 0.129. The standard InChI is InChI=1S/C31H22F3N3O3/c1-17-3-4-23(18(2)11-17)16-37-28(14-25(31(32,33)34)24(15-35)29(37)38)20-7-5-19(6-8-20)21-9-10-22-13-27(30(39)40)36-26(22)12-21/h3-14,36H,16H2,1-2H3,(H,39,40). The number of nitriles is 1. The van der Waals surface area contributed by atoms with Crippen LogP contribution in [0.25, 0.3) is 33.3 Å². The molecule has 9 heteroatoms. The van der Waals surface area contributed by atoms with Gasteiger partial charge >= 0.3 is 12.1 Å². The molecule has 0 fully saturated rings. The third-order valence-electron chi connectivity index (χ3n) is 6.91. The third kappa shape index (κ3) is 4.87. The Kier molecular flexibility index (Phi) is 6.56. The first-order chi connectivity index (χ1) is 19.0. The lowest BCUT2D eigenvalue weighted by Crippen LogP contribution is -2.29. The van der Waals surface area contributed by atoms with E-state index in [1.807, 2.05) is 38.1 Å². The number of aromatic amines is 1. The maximum Gasteiger partial charge on any atom is 0.417 e. The van der Waals surface area contributed by atoms with Crippen LogP contribution in [-0.2, 0) is 12.7 Å². The van der Waals surface area contributed by atoms with E-state index in [1.54, 1.807) is 36.4 Å². The lowest BCUT2D eigenvalue weighted by molar-refractivity contribution is -0.137. The second-order valence-electron chi connectivity index (χ2n) is 9.62. The van der Waals surface area contributed by atoms with Crippen molar-refractivity contribution in [2.75, 3.05) is 0 Å². The van der Waals surface area contributed by atoms with Gasteiger partial charge in [-0.2, -0.15) is 18.4 Å². The predicted octanol–water partition coefficient (Wildman–Crippen LogP) is 6.92. The number of H-pyrrole nitrogens is 1. The largest absolute Gasteiger partial charge is 0.477 e. The Hall–Kier alpha value is -5.10. The molecule has 0 aliphatic carbocycles. The van der Waals surface area contributed by atoms with E-state index in [-0.39, 0.29) is 17.9 Å². The van der Waals surface area contributed by atoms with Gasteiger partial charge in [0.05, 0.1) is 17.8 Å². The lowest BCUT2D eigenvalue weighted by atomic mass is 9.99. The SMILES string of the molecule is Cc1ccc(Cn2c(-c3ccc(-c4ccc5cc(C(=O)O)[nH]c5c4)cc3)cc(C(F)(F)F)c(C#N)c2=O)c(C)c1. The zero-order valence-electron chi connectivity index (χ0n) is 21.4. The van der Waals surface area contributed by atoms with Gasteiger partial charge in [0.15, 0.2) is 0 Å². The number of carboxylic acids is 1. The second kappa shape index (κ2) is 9.89. The second-order valence-corrected chi connectivity index (χ2v) is 9.62. The summed E-state index contributed by atoms with van der Waals surface area (Å²) in [7, 11) is 0. The summed E-state index contributed by atoms with van der Waals surface area (Å²) < 4.78 is 42.9. The molecule has 6 nitrogen and oxygen atoms in total. The maximum atomic E-state index is 13.9. The normalized spacial score (nSPS) is 11.5. The Morgan fingerprint density at radius 2 is 1.62 bits per heavy atom. The summed E-state index contributed by atoms with van der Waals surface area (Å²) in [5, 5.41) is 19.4. The molecule has 3 aromatic carbocycles. The maximum absolute atomic E-state index is 13.9. The smallest absolute Gasteiger partial charge is 0.417 e. The molecular formula is C31H22F3N3O3. The summed E-state index contributed by atoms with van der Waals surface area (Å²) in [6.07, 6.45) is -4.89. The Balaban J connectivity index is 1.63. The fourth-order valence-corrected chi connectivity index (χ4v) is 4.82. The highest BCUT2D eigenvalue weighted by atomic mass is 19.4. The van der Waals surface area contributed by atoms with Gasteiger partial charge in [-0.3, -0.25) is 4.79 Å². The molecule has 0 bridgehead atoms. The number of pyridine rings is 1. The molecule has 5 aromatic rings. The number of halogens is 3. The minimum atomic E-state index is -4.89. The number of hydrogen-bond acceptors (Lipinski definition) is 3. The lowest BCUT2D eigenvalue weighted by Gasteiger charge is -2.19. The summed E-state index contributed by atoms with van der Waals surface area (Å²) in [6, 6.07) is 21.5. The number of fused-ring (bicyclic) bond motifs is 1. The van der Waals surface area contributed by atoms with Crippen LogP contribution in [0.4, 0.5) is 13.2 Å². The Morgan fingerprint density at radius 3 is 2.25 bits per heavy atom. The molecule has 0 saturated carbocycles. The van der Waals surface area contributed by atoms with Crippen LogP contribution in [0.2, 0.25) is 0 Å². The molecule has 2 N–H and O–H groups in total. The van der Waals surface area contributed by atoms with Crippen molar-refractivity contribution in [3.8, 4) is 28.5 Å². The number of nitrogens with one attached hydrogen (secondary N) is 1. The van der Waals surface area contributed by atoms with E-state index in [2.05, 4.69) is 4.98 Å². The van der Waals surface area contributed by atoms with E-state index in [0.717, 1.165) is 39.3 Å². The van der Waals surface area contributed by atoms with Crippen molar-refractivity contribution in [1.82, 2.24) is 9.55 Å². The number of carboxylic acid groups (broad SMARTS) is 1. The third-order valence-corrected chi connectivity index (χ3v) is 6.91. The van der Waals surface area contributed by atoms with E-state index in [9.17, 15) is 33.1 Å². The quantitative estimate of drug-likeness (QED) is 0.252. The van der Waals surface area contributed by atoms with Gasteiger partial charge < -0.3 is 14.7 Å². The zero-order valence-corrected chi connectivity index (χ0v) is 21.4. The summed E-state index contributed by atoms with van der Waals surface area (Å²) in [6.45, 7) is 3.77. The number of hydrogen-bond donors (Lipinski definition) is 2. The van der Waals surface area contributed by atoms with Gasteiger partial charge in [0, 0.05) is 10.9 Å². The molecule has 0 radical (unpaired) electrons. The molecule has 0 unspecified atom stereocenters. The topological polar surface area (TPSA) is 98.9 Å². The summed E-state index contributed by atoms with van der Waals surface area (Å²) in [5.74, 6) is -1.07. The molecule has 0 amide bonds. The first-order valence-corrected chi connectivity index (χ1v) is 12.2. The number of benzene rings is 3. The van der Waals surface area contributed by atoms with E-state index < -0.39 is 28.8 Å². The van der Waals surface area contributed by atoms with Gasteiger partial charge in [-0.1, -0.05) is 60.2 Å². The number of aromatic nitrogens is 2. The van der Waals surface area contributed by atoms with Crippen molar-refractivity contribution in [2.45, 2.75) is 26.6 Å². The molecule has 200 valence electrons. The molecule has 0 aliphatic rings. The average Bonchev–Trinajstić information content (AvgIpc) is 3.34. The summed E-state index contributed by atoms with van der Waals surface area (Å²) in [4.78, 5) is 27.4. The summed E-state index contributed by atoms with van der Waals surface area (Å²) >= 11 is 0. The van der Waals surface area contributed by atoms with Crippen molar-refractivity contribution < 1.29 is 23.1 Å². The van der Waals surface area contributed by atoms with E-state index in [0.29, 0.717) is 11.1 Å².